The minimum Gasteiger partial charge on any atom is -0.369 e. The molecule has 0 saturated carbocycles. The smallest absolute Gasteiger partial charge is 0.278 e. The summed E-state index contributed by atoms with van der Waals surface area (Å²) in [7, 11) is 0. The van der Waals surface area contributed by atoms with E-state index in [1.54, 1.807) is 24.3 Å². The Bertz CT molecular complexity index is 1060. The molecule has 9 N–H and O–H groups in total. The van der Waals surface area contributed by atoms with E-state index in [2.05, 4.69) is 25.5 Å². The largest absolute Gasteiger partial charge is 0.369 e. The van der Waals surface area contributed by atoms with Gasteiger partial charge < -0.3 is 46.6 Å². The molecule has 1 saturated heterocycles. The van der Waals surface area contributed by atoms with Crippen LogP contribution in [0.4, 0.5) is 23.1 Å². The molecule has 178 valence electrons. The molecular formula is C20H27N7O6. The van der Waals surface area contributed by atoms with Crippen LogP contribution in [0.25, 0.3) is 0 Å². The minimum absolute atomic E-state index is 0.0146. The van der Waals surface area contributed by atoms with Gasteiger partial charge in [-0.25, -0.2) is 0 Å². The van der Waals surface area contributed by atoms with Crippen LogP contribution < -0.4 is 31.7 Å². The fraction of sp³-hybridized carbons (Fsp3) is 0.450. The van der Waals surface area contributed by atoms with Gasteiger partial charge >= 0.3 is 0 Å². The average molecular weight is 461 g/mol. The molecule has 1 aromatic heterocycles. The van der Waals surface area contributed by atoms with Crippen LogP contribution in [0.2, 0.25) is 0 Å². The van der Waals surface area contributed by atoms with Crippen molar-refractivity contribution in [3.63, 3.8) is 0 Å². The number of benzene rings is 1. The van der Waals surface area contributed by atoms with E-state index in [0.717, 1.165) is 5.69 Å². The number of aromatic nitrogens is 2. The zero-order chi connectivity index (χ0) is 23.7. The Morgan fingerprint density at radius 3 is 2.61 bits per heavy atom. The molecule has 2 aromatic rings. The molecule has 1 fully saturated rings. The third-order valence-electron chi connectivity index (χ3n) is 5.81. The van der Waals surface area contributed by atoms with Crippen LogP contribution in [0.1, 0.15) is 23.2 Å². The molecule has 0 aliphatic carbocycles. The number of H-pyrrole nitrogens is 1. The summed E-state index contributed by atoms with van der Waals surface area (Å²) >= 11 is 0. The number of carbonyl (C=O) groups excluding carboxylic acids is 1. The van der Waals surface area contributed by atoms with Gasteiger partial charge in [0.2, 0.25) is 5.95 Å². The second-order valence-corrected chi connectivity index (χ2v) is 8.12. The predicted octanol–water partition coefficient (Wildman–Crippen LogP) is -2.07. The Kier molecular flexibility index (Phi) is 6.37. The van der Waals surface area contributed by atoms with Crippen molar-refractivity contribution in [2.75, 3.05) is 40.6 Å². The van der Waals surface area contributed by atoms with Crippen molar-refractivity contribution in [1.29, 1.82) is 0 Å². The third-order valence-corrected chi connectivity index (χ3v) is 5.81. The van der Waals surface area contributed by atoms with Crippen molar-refractivity contribution in [3.05, 3.63) is 40.2 Å². The van der Waals surface area contributed by atoms with Gasteiger partial charge in [-0.1, -0.05) is 0 Å². The second-order valence-electron chi connectivity index (χ2n) is 8.12. The first kappa shape index (κ1) is 22.8. The van der Waals surface area contributed by atoms with Crippen molar-refractivity contribution in [2.24, 2.45) is 0 Å². The van der Waals surface area contributed by atoms with E-state index in [1.807, 2.05) is 4.90 Å². The summed E-state index contributed by atoms with van der Waals surface area (Å²) in [5, 5.41) is 42.5. The van der Waals surface area contributed by atoms with Gasteiger partial charge in [0.25, 0.3) is 11.5 Å². The van der Waals surface area contributed by atoms with Crippen molar-refractivity contribution in [2.45, 2.75) is 37.5 Å². The lowest BCUT2D eigenvalue weighted by molar-refractivity contribution is -0.0817. The van der Waals surface area contributed by atoms with E-state index in [0.29, 0.717) is 36.8 Å². The Labute approximate surface area is 188 Å². The molecule has 1 unspecified atom stereocenters. The Morgan fingerprint density at radius 2 is 1.94 bits per heavy atom. The van der Waals surface area contributed by atoms with Crippen LogP contribution in [-0.2, 0) is 0 Å². The number of amides is 1. The monoisotopic (exact) mass is 461 g/mol. The summed E-state index contributed by atoms with van der Waals surface area (Å²) in [5.41, 5.74) is 6.94. The zero-order valence-corrected chi connectivity index (χ0v) is 17.7. The first-order valence-electron chi connectivity index (χ1n) is 10.5. The molecule has 1 aromatic carbocycles. The molecule has 0 spiro atoms. The molecule has 3 heterocycles. The van der Waals surface area contributed by atoms with Gasteiger partial charge in [0.1, 0.15) is 5.69 Å². The van der Waals surface area contributed by atoms with Gasteiger partial charge in [-0.2, -0.15) is 4.98 Å². The normalized spacial score (nSPS) is 18.2. The minimum atomic E-state index is -1.83. The summed E-state index contributed by atoms with van der Waals surface area (Å²) in [5.74, 6) is -0.00642. The highest BCUT2D eigenvalue weighted by atomic mass is 16.5. The summed E-state index contributed by atoms with van der Waals surface area (Å²) in [6, 6.07) is 5.79. The summed E-state index contributed by atoms with van der Waals surface area (Å²) < 4.78 is 0. The number of rotatable bonds is 7. The van der Waals surface area contributed by atoms with Crippen molar-refractivity contribution in [1.82, 2.24) is 15.3 Å². The molecule has 1 amide bonds. The number of hydrogen-bond donors (Lipinski definition) is 8. The Hall–Kier alpha value is -3.39. The number of carbonyl (C=O) groups is 1. The van der Waals surface area contributed by atoms with Crippen LogP contribution in [-0.4, -0.2) is 80.7 Å². The van der Waals surface area contributed by atoms with Crippen molar-refractivity contribution in [3.8, 4) is 0 Å². The number of anilines is 4. The van der Waals surface area contributed by atoms with Crippen LogP contribution in [0, 0.1) is 0 Å². The average Bonchev–Trinajstić information content (AvgIpc) is 3.20. The van der Waals surface area contributed by atoms with Gasteiger partial charge in [0.05, 0.1) is 18.8 Å². The van der Waals surface area contributed by atoms with E-state index in [9.17, 15) is 19.8 Å². The SMILES string of the molecule is Nc1nc2c(c(=O)[nH]1)N1CN(c3ccc(C(=O)N[C@@H](CCC(O)O)C(O)O)cc3)CC1CN2. The molecule has 4 rings (SSSR count). The lowest BCUT2D eigenvalue weighted by Gasteiger charge is -2.31. The van der Waals surface area contributed by atoms with Gasteiger partial charge in [-0.05, 0) is 30.7 Å². The van der Waals surface area contributed by atoms with Crippen molar-refractivity contribution >= 4 is 29.0 Å². The molecule has 13 nitrogen and oxygen atoms in total. The van der Waals surface area contributed by atoms with Crippen LogP contribution in [0.3, 0.4) is 0 Å². The van der Waals surface area contributed by atoms with Crippen LogP contribution in [0.15, 0.2) is 29.1 Å². The number of hydrogen-bond acceptors (Lipinski definition) is 11. The first-order valence-corrected chi connectivity index (χ1v) is 10.5. The lowest BCUT2D eigenvalue weighted by atomic mass is 10.1. The maximum Gasteiger partial charge on any atom is 0.278 e. The summed E-state index contributed by atoms with van der Waals surface area (Å²) in [6.07, 6.45) is -3.57. The number of aliphatic hydroxyl groups excluding tert-OH is 2. The maximum absolute atomic E-state index is 12.5. The number of fused-ring (bicyclic) bond motifs is 3. The summed E-state index contributed by atoms with van der Waals surface area (Å²) in [4.78, 5) is 35.7. The molecule has 2 aliphatic rings. The number of aromatic amines is 1. The molecule has 2 aliphatic heterocycles. The van der Waals surface area contributed by atoms with Crippen LogP contribution in [0.5, 0.6) is 0 Å². The van der Waals surface area contributed by atoms with Gasteiger partial charge in [-0.3, -0.25) is 14.6 Å². The fourth-order valence-corrected chi connectivity index (χ4v) is 4.11. The number of nitrogens with one attached hydrogen (secondary N) is 3. The van der Waals surface area contributed by atoms with Gasteiger partial charge in [0, 0.05) is 30.8 Å². The lowest BCUT2D eigenvalue weighted by Crippen LogP contribution is -2.44. The zero-order valence-electron chi connectivity index (χ0n) is 17.7. The third kappa shape index (κ3) is 4.85. The Balaban J connectivity index is 1.44. The molecule has 33 heavy (non-hydrogen) atoms. The van der Waals surface area contributed by atoms with E-state index >= 15 is 0 Å². The van der Waals surface area contributed by atoms with E-state index in [1.165, 1.54) is 0 Å². The van der Waals surface area contributed by atoms with Gasteiger partial charge in [0.15, 0.2) is 18.4 Å². The highest BCUT2D eigenvalue weighted by Crippen LogP contribution is 2.32. The number of nitrogen functional groups attached to an aromatic ring is 1. The second kappa shape index (κ2) is 9.23. The number of nitrogens with zero attached hydrogens (tertiary/aromatic N) is 3. The predicted molar refractivity (Wildman–Crippen MR) is 120 cm³/mol. The van der Waals surface area contributed by atoms with Crippen molar-refractivity contribution < 1.29 is 25.2 Å². The topological polar surface area (TPSA) is 200 Å². The molecule has 13 heteroatoms. The molecular weight excluding hydrogens is 434 g/mol. The van der Waals surface area contributed by atoms with E-state index < -0.39 is 24.5 Å². The first-order chi connectivity index (χ1) is 15.7. The number of aliphatic hydroxyl groups is 4. The molecule has 2 atom stereocenters. The van der Waals surface area contributed by atoms with E-state index in [-0.39, 0.29) is 30.4 Å². The Morgan fingerprint density at radius 1 is 1.21 bits per heavy atom. The van der Waals surface area contributed by atoms with Crippen LogP contribution >= 0.6 is 0 Å². The molecule has 0 bridgehead atoms. The van der Waals surface area contributed by atoms with Gasteiger partial charge in [-0.15, -0.1) is 0 Å². The summed E-state index contributed by atoms with van der Waals surface area (Å²) in [6.45, 7) is 1.72. The van der Waals surface area contributed by atoms with E-state index in [4.69, 9.17) is 15.9 Å². The molecule has 0 radical (unpaired) electrons. The highest BCUT2D eigenvalue weighted by molar-refractivity contribution is 5.94. The number of nitrogens with two attached hydrogens (primary N) is 1. The quantitative estimate of drug-likeness (QED) is 0.211. The highest BCUT2D eigenvalue weighted by Gasteiger charge is 2.37. The standard InChI is InChI=1S/C20H27N7O6/c21-20-24-16-15(18(31)25-20)27-9-26(8-12(27)7-22-16)11-3-1-10(2-4-11)17(30)23-13(19(32)33)5-6-14(28)29/h1-4,12-14,19,28-29,32-33H,5-9H2,(H,23,30)(H4,21,22,24,25,31)/t12?,13-/m0/s1. The fourth-order valence-electron chi connectivity index (χ4n) is 4.11. The maximum atomic E-state index is 12.5.